The summed E-state index contributed by atoms with van der Waals surface area (Å²) >= 11 is 0. The monoisotopic (exact) mass is 209 g/mol. The number of hydrogen-bond acceptors (Lipinski definition) is 1. The lowest BCUT2D eigenvalue weighted by Crippen LogP contribution is -2.34. The molecular weight excluding hydrogens is 182 g/mol. The Labute approximate surface area is 95.7 Å². The van der Waals surface area contributed by atoms with Crippen LogP contribution in [0.15, 0.2) is 24.3 Å². The van der Waals surface area contributed by atoms with Crippen LogP contribution < -0.4 is 5.32 Å². The molecule has 0 bridgehead atoms. The zero-order valence-electron chi connectivity index (χ0n) is 10.8. The van der Waals surface area contributed by atoms with Crippen LogP contribution in [0, 0.1) is 5.92 Å². The molecule has 0 aliphatic heterocycles. The topological polar surface area (TPSA) is 12.0 Å². The van der Waals surface area contributed by atoms with Crippen molar-refractivity contribution in [2.45, 2.75) is 53.0 Å². The zero-order chi connectivity index (χ0) is 11.7. The Kier molecular flexibility index (Phi) is 8.40. The molecule has 0 aromatic rings. The van der Waals surface area contributed by atoms with Crippen molar-refractivity contribution in [3.05, 3.63) is 24.3 Å². The molecule has 1 heteroatoms. The molecule has 0 saturated heterocycles. The third kappa shape index (κ3) is 6.51. The summed E-state index contributed by atoms with van der Waals surface area (Å²) in [6, 6.07) is 0.581. The van der Waals surface area contributed by atoms with Gasteiger partial charge in [-0.3, -0.25) is 0 Å². The quantitative estimate of drug-likeness (QED) is 0.597. The highest BCUT2D eigenvalue weighted by molar-refractivity contribution is 4.98. The minimum atomic E-state index is 0.581. The van der Waals surface area contributed by atoms with E-state index in [1.807, 2.05) is 6.08 Å². The highest BCUT2D eigenvalue weighted by Gasteiger charge is 2.13. The van der Waals surface area contributed by atoms with Crippen molar-refractivity contribution in [3.63, 3.8) is 0 Å². The summed E-state index contributed by atoms with van der Waals surface area (Å²) in [5, 5.41) is 3.59. The second kappa shape index (κ2) is 8.72. The third-order valence-corrected chi connectivity index (χ3v) is 3.03. The molecule has 88 valence electrons. The first-order chi connectivity index (χ1) is 7.15. The molecule has 0 aliphatic rings. The van der Waals surface area contributed by atoms with Gasteiger partial charge in [0.1, 0.15) is 0 Å². The van der Waals surface area contributed by atoms with Gasteiger partial charge in [0, 0.05) is 12.6 Å². The van der Waals surface area contributed by atoms with Crippen LogP contribution in [-0.4, -0.2) is 12.6 Å². The van der Waals surface area contributed by atoms with E-state index in [2.05, 4.69) is 45.7 Å². The van der Waals surface area contributed by atoms with Crippen molar-refractivity contribution in [3.8, 4) is 0 Å². The molecule has 0 rings (SSSR count). The van der Waals surface area contributed by atoms with Crippen molar-refractivity contribution in [2.24, 2.45) is 5.92 Å². The highest BCUT2D eigenvalue weighted by atomic mass is 14.9. The minimum absolute atomic E-state index is 0.581. The predicted molar refractivity (Wildman–Crippen MR) is 70.1 cm³/mol. The Morgan fingerprint density at radius 2 is 2.13 bits per heavy atom. The van der Waals surface area contributed by atoms with Gasteiger partial charge in [0.05, 0.1) is 0 Å². The van der Waals surface area contributed by atoms with E-state index in [0.717, 1.165) is 18.9 Å². The van der Waals surface area contributed by atoms with Crippen LogP contribution in [0.5, 0.6) is 0 Å². The Morgan fingerprint density at radius 3 is 2.60 bits per heavy atom. The Hall–Kier alpha value is -0.560. The molecule has 0 aliphatic carbocycles. The van der Waals surface area contributed by atoms with Crippen LogP contribution in [0.4, 0.5) is 0 Å². The number of allylic oxidation sites excluding steroid dienone is 2. The lowest BCUT2D eigenvalue weighted by Gasteiger charge is -2.23. The van der Waals surface area contributed by atoms with Crippen molar-refractivity contribution in [1.82, 2.24) is 5.32 Å². The molecule has 1 nitrogen and oxygen atoms in total. The van der Waals surface area contributed by atoms with Crippen LogP contribution in [0.1, 0.15) is 47.0 Å². The molecule has 1 unspecified atom stereocenters. The van der Waals surface area contributed by atoms with E-state index in [9.17, 15) is 0 Å². The Morgan fingerprint density at radius 1 is 1.47 bits per heavy atom. The first-order valence-corrected chi connectivity index (χ1v) is 6.11. The van der Waals surface area contributed by atoms with Gasteiger partial charge in [-0.2, -0.15) is 0 Å². The van der Waals surface area contributed by atoms with Crippen LogP contribution in [0.2, 0.25) is 0 Å². The van der Waals surface area contributed by atoms with E-state index < -0.39 is 0 Å². The number of hydrogen-bond donors (Lipinski definition) is 1. The van der Waals surface area contributed by atoms with Crippen molar-refractivity contribution >= 4 is 0 Å². The van der Waals surface area contributed by atoms with Crippen LogP contribution >= 0.6 is 0 Å². The van der Waals surface area contributed by atoms with Crippen LogP contribution in [0.25, 0.3) is 0 Å². The first-order valence-electron chi connectivity index (χ1n) is 6.11. The molecule has 1 N–H and O–H groups in total. The predicted octanol–water partition coefficient (Wildman–Crippen LogP) is 3.92. The average molecular weight is 209 g/mol. The maximum absolute atomic E-state index is 3.84. The summed E-state index contributed by atoms with van der Waals surface area (Å²) in [5.41, 5.74) is 1.41. The zero-order valence-corrected chi connectivity index (χ0v) is 10.8. The first kappa shape index (κ1) is 14.4. The molecule has 0 heterocycles. The number of nitrogens with one attached hydrogen (secondary N) is 1. The molecule has 0 fully saturated rings. The van der Waals surface area contributed by atoms with Gasteiger partial charge in [0.25, 0.3) is 0 Å². The summed E-state index contributed by atoms with van der Waals surface area (Å²) in [4.78, 5) is 0. The standard InChI is InChI=1S/C14H27N/c1-6-9-14(10-7-2)13(5)15-11-12(4)8-3/h6,8,13-15H,1,7,9-11H2,2-5H3/b12-8-/t13-,14?/m1/s1. The average Bonchev–Trinajstić information content (AvgIpc) is 2.25. The fourth-order valence-electron chi connectivity index (χ4n) is 1.75. The van der Waals surface area contributed by atoms with Crippen molar-refractivity contribution < 1.29 is 0 Å². The van der Waals surface area contributed by atoms with E-state index in [0.29, 0.717) is 6.04 Å². The van der Waals surface area contributed by atoms with E-state index in [4.69, 9.17) is 0 Å². The fraction of sp³-hybridized carbons (Fsp3) is 0.714. The van der Waals surface area contributed by atoms with Gasteiger partial charge in [-0.1, -0.05) is 31.1 Å². The highest BCUT2D eigenvalue weighted by Crippen LogP contribution is 2.16. The lowest BCUT2D eigenvalue weighted by atomic mass is 9.92. The SMILES string of the molecule is C=CCC(CCC)[C@@H](C)NC/C(C)=C\C. The molecule has 15 heavy (non-hydrogen) atoms. The molecular formula is C14H27N. The van der Waals surface area contributed by atoms with E-state index in [1.165, 1.54) is 18.4 Å². The van der Waals surface area contributed by atoms with Gasteiger partial charge < -0.3 is 5.32 Å². The summed E-state index contributed by atoms with van der Waals surface area (Å²) in [6.45, 7) is 13.6. The second-order valence-corrected chi connectivity index (χ2v) is 4.38. The summed E-state index contributed by atoms with van der Waals surface area (Å²) in [5.74, 6) is 0.733. The van der Waals surface area contributed by atoms with Crippen molar-refractivity contribution in [2.75, 3.05) is 6.54 Å². The van der Waals surface area contributed by atoms with Gasteiger partial charge in [0.15, 0.2) is 0 Å². The van der Waals surface area contributed by atoms with Gasteiger partial charge in [-0.05, 0) is 39.5 Å². The summed E-state index contributed by atoms with van der Waals surface area (Å²) < 4.78 is 0. The van der Waals surface area contributed by atoms with Crippen LogP contribution in [0.3, 0.4) is 0 Å². The largest absolute Gasteiger partial charge is 0.310 e. The summed E-state index contributed by atoms with van der Waals surface area (Å²) in [7, 11) is 0. The minimum Gasteiger partial charge on any atom is -0.310 e. The molecule has 0 aromatic heterocycles. The Bertz CT molecular complexity index is 194. The van der Waals surface area contributed by atoms with Gasteiger partial charge in [0.2, 0.25) is 0 Å². The summed E-state index contributed by atoms with van der Waals surface area (Å²) in [6.07, 6.45) is 7.88. The molecule has 0 spiro atoms. The second-order valence-electron chi connectivity index (χ2n) is 4.38. The molecule has 0 aromatic carbocycles. The molecule has 0 radical (unpaired) electrons. The number of rotatable bonds is 8. The normalized spacial score (nSPS) is 16.1. The molecule has 0 amide bonds. The maximum atomic E-state index is 3.84. The molecule has 2 atom stereocenters. The molecule has 0 saturated carbocycles. The lowest BCUT2D eigenvalue weighted by molar-refractivity contribution is 0.361. The van der Waals surface area contributed by atoms with E-state index in [1.54, 1.807) is 0 Å². The van der Waals surface area contributed by atoms with Crippen LogP contribution in [-0.2, 0) is 0 Å². The smallest absolute Gasteiger partial charge is 0.0164 e. The Balaban J connectivity index is 4.00. The van der Waals surface area contributed by atoms with Crippen molar-refractivity contribution in [1.29, 1.82) is 0 Å². The van der Waals surface area contributed by atoms with Gasteiger partial charge >= 0.3 is 0 Å². The van der Waals surface area contributed by atoms with E-state index in [-0.39, 0.29) is 0 Å². The van der Waals surface area contributed by atoms with E-state index >= 15 is 0 Å². The third-order valence-electron chi connectivity index (χ3n) is 3.03. The van der Waals surface area contributed by atoms with Gasteiger partial charge in [-0.15, -0.1) is 6.58 Å². The van der Waals surface area contributed by atoms with Gasteiger partial charge in [-0.25, -0.2) is 0 Å². The maximum Gasteiger partial charge on any atom is 0.0164 e. The fourth-order valence-corrected chi connectivity index (χ4v) is 1.75.